The molecule has 3 rings (SSSR count). The van der Waals surface area contributed by atoms with Crippen molar-refractivity contribution in [1.82, 2.24) is 14.5 Å². The summed E-state index contributed by atoms with van der Waals surface area (Å²) in [7, 11) is 0. The first-order chi connectivity index (χ1) is 12.7. The summed E-state index contributed by atoms with van der Waals surface area (Å²) in [6.45, 7) is 6.14. The molecule has 138 valence electrons. The van der Waals surface area contributed by atoms with Crippen LogP contribution in [0.5, 0.6) is 0 Å². The monoisotopic (exact) mass is 370 g/mol. The molecule has 2 heterocycles. The Morgan fingerprint density at radius 2 is 2.00 bits per heavy atom. The molecular formula is C20H26N4OS. The molecule has 3 aromatic rings. The SMILES string of the molecule is CCOCc1nc2c(N)ncc(C)c2n1CCCCSc1ccccc1. The van der Waals surface area contributed by atoms with Crippen molar-refractivity contribution in [3.63, 3.8) is 0 Å². The van der Waals surface area contributed by atoms with Gasteiger partial charge in [0.05, 0.1) is 5.52 Å². The van der Waals surface area contributed by atoms with E-state index in [1.54, 1.807) is 0 Å². The number of nitrogens with zero attached hydrogens (tertiary/aromatic N) is 3. The van der Waals surface area contributed by atoms with Crippen molar-refractivity contribution in [3.05, 3.63) is 47.9 Å². The maximum absolute atomic E-state index is 6.05. The number of hydrogen-bond acceptors (Lipinski definition) is 5. The number of pyridine rings is 1. The zero-order valence-corrected chi connectivity index (χ0v) is 16.3. The Hall–Kier alpha value is -2.05. The Morgan fingerprint density at radius 3 is 2.77 bits per heavy atom. The highest BCUT2D eigenvalue weighted by molar-refractivity contribution is 7.99. The average molecular weight is 371 g/mol. The lowest BCUT2D eigenvalue weighted by Crippen LogP contribution is -2.07. The van der Waals surface area contributed by atoms with Crippen molar-refractivity contribution in [2.75, 3.05) is 18.1 Å². The number of rotatable bonds is 9. The quantitative estimate of drug-likeness (QED) is 0.446. The van der Waals surface area contributed by atoms with E-state index in [1.165, 1.54) is 4.90 Å². The summed E-state index contributed by atoms with van der Waals surface area (Å²) in [5.41, 5.74) is 9.02. The summed E-state index contributed by atoms with van der Waals surface area (Å²) >= 11 is 1.91. The molecule has 2 N–H and O–H groups in total. The van der Waals surface area contributed by atoms with Crippen LogP contribution in [-0.4, -0.2) is 26.9 Å². The van der Waals surface area contributed by atoms with Crippen LogP contribution in [0, 0.1) is 6.92 Å². The molecule has 0 fully saturated rings. The molecule has 0 aliphatic heterocycles. The molecule has 0 amide bonds. The number of thioether (sulfide) groups is 1. The largest absolute Gasteiger partial charge is 0.382 e. The highest BCUT2D eigenvalue weighted by atomic mass is 32.2. The molecule has 0 spiro atoms. The fourth-order valence-electron chi connectivity index (χ4n) is 2.99. The van der Waals surface area contributed by atoms with Crippen molar-refractivity contribution in [3.8, 4) is 0 Å². The van der Waals surface area contributed by atoms with E-state index in [2.05, 4.69) is 46.8 Å². The fraction of sp³-hybridized carbons (Fsp3) is 0.400. The van der Waals surface area contributed by atoms with E-state index >= 15 is 0 Å². The molecule has 2 aromatic heterocycles. The first kappa shape index (κ1) is 18.7. The molecule has 0 radical (unpaired) electrons. The van der Waals surface area contributed by atoms with Gasteiger partial charge in [0, 0.05) is 24.2 Å². The minimum absolute atomic E-state index is 0.488. The van der Waals surface area contributed by atoms with Crippen LogP contribution in [0.1, 0.15) is 31.2 Å². The number of ether oxygens (including phenoxy) is 1. The van der Waals surface area contributed by atoms with E-state index in [9.17, 15) is 0 Å². The molecule has 0 unspecified atom stereocenters. The van der Waals surface area contributed by atoms with Crippen molar-refractivity contribution in [2.24, 2.45) is 0 Å². The Morgan fingerprint density at radius 1 is 1.19 bits per heavy atom. The van der Waals surface area contributed by atoms with Crippen molar-refractivity contribution in [1.29, 1.82) is 0 Å². The minimum Gasteiger partial charge on any atom is -0.382 e. The number of aryl methyl sites for hydroxylation is 2. The maximum atomic E-state index is 6.05. The van der Waals surface area contributed by atoms with Gasteiger partial charge < -0.3 is 15.0 Å². The molecule has 5 nitrogen and oxygen atoms in total. The number of nitrogen functional groups attached to an aromatic ring is 1. The standard InChI is InChI=1S/C20H26N4OS/c1-3-25-14-17-23-18-19(15(2)13-22-20(18)21)24(17)11-7-8-12-26-16-9-5-4-6-10-16/h4-6,9-10,13H,3,7-8,11-12,14H2,1-2H3,(H2,21,22). The smallest absolute Gasteiger partial charge is 0.151 e. The zero-order valence-electron chi connectivity index (χ0n) is 15.4. The number of anilines is 1. The molecule has 1 aromatic carbocycles. The Bertz CT molecular complexity index is 848. The van der Waals surface area contributed by atoms with E-state index in [1.807, 2.05) is 24.9 Å². The first-order valence-corrected chi connectivity index (χ1v) is 10.0. The van der Waals surface area contributed by atoms with Gasteiger partial charge in [0.2, 0.25) is 0 Å². The van der Waals surface area contributed by atoms with E-state index in [-0.39, 0.29) is 0 Å². The Kier molecular flexibility index (Phi) is 6.52. The number of hydrogen-bond donors (Lipinski definition) is 1. The molecule has 0 atom stereocenters. The number of nitrogens with two attached hydrogens (primary N) is 1. The van der Waals surface area contributed by atoms with Crippen LogP contribution in [0.15, 0.2) is 41.4 Å². The lowest BCUT2D eigenvalue weighted by Gasteiger charge is -2.11. The van der Waals surface area contributed by atoms with Gasteiger partial charge in [-0.05, 0) is 50.1 Å². The van der Waals surface area contributed by atoms with E-state index < -0.39 is 0 Å². The minimum atomic E-state index is 0.488. The van der Waals surface area contributed by atoms with E-state index in [4.69, 9.17) is 15.5 Å². The predicted octanol–water partition coefficient (Wildman–Crippen LogP) is 4.43. The fourth-order valence-corrected chi connectivity index (χ4v) is 3.92. The van der Waals surface area contributed by atoms with Gasteiger partial charge in [-0.2, -0.15) is 0 Å². The van der Waals surface area contributed by atoms with Gasteiger partial charge in [-0.1, -0.05) is 18.2 Å². The lowest BCUT2D eigenvalue weighted by molar-refractivity contribution is 0.126. The van der Waals surface area contributed by atoms with Crippen molar-refractivity contribution >= 4 is 28.6 Å². The second kappa shape index (κ2) is 9.05. The van der Waals surface area contributed by atoms with Crippen LogP contribution < -0.4 is 5.73 Å². The van der Waals surface area contributed by atoms with Gasteiger partial charge in [0.1, 0.15) is 17.9 Å². The van der Waals surface area contributed by atoms with Crippen LogP contribution >= 0.6 is 11.8 Å². The van der Waals surface area contributed by atoms with E-state index in [0.717, 1.165) is 47.6 Å². The summed E-state index contributed by atoms with van der Waals surface area (Å²) in [5, 5.41) is 0. The maximum Gasteiger partial charge on any atom is 0.151 e. The van der Waals surface area contributed by atoms with Crippen LogP contribution in [0.2, 0.25) is 0 Å². The highest BCUT2D eigenvalue weighted by Crippen LogP contribution is 2.25. The zero-order chi connectivity index (χ0) is 18.4. The second-order valence-corrected chi connectivity index (χ2v) is 7.38. The highest BCUT2D eigenvalue weighted by Gasteiger charge is 2.15. The van der Waals surface area contributed by atoms with E-state index in [0.29, 0.717) is 19.0 Å². The number of aromatic nitrogens is 3. The summed E-state index contributed by atoms with van der Waals surface area (Å²) in [5.74, 6) is 2.53. The van der Waals surface area contributed by atoms with Crippen molar-refractivity contribution < 1.29 is 4.74 Å². The number of fused-ring (bicyclic) bond motifs is 1. The van der Waals surface area contributed by atoms with Gasteiger partial charge in [0.15, 0.2) is 5.82 Å². The lowest BCUT2D eigenvalue weighted by atomic mass is 10.2. The van der Waals surface area contributed by atoms with Gasteiger partial charge in [0.25, 0.3) is 0 Å². The molecular weight excluding hydrogens is 344 g/mol. The molecule has 0 saturated carbocycles. The normalized spacial score (nSPS) is 11.3. The third kappa shape index (κ3) is 4.37. The number of unbranched alkanes of at least 4 members (excludes halogenated alkanes) is 1. The number of benzene rings is 1. The van der Waals surface area contributed by atoms with Gasteiger partial charge in [-0.15, -0.1) is 11.8 Å². The molecule has 0 aliphatic rings. The third-order valence-electron chi connectivity index (χ3n) is 4.28. The van der Waals surface area contributed by atoms with Gasteiger partial charge in [-0.3, -0.25) is 0 Å². The third-order valence-corrected chi connectivity index (χ3v) is 5.38. The first-order valence-electron chi connectivity index (χ1n) is 9.06. The van der Waals surface area contributed by atoms with Crippen LogP contribution in [-0.2, 0) is 17.9 Å². The second-order valence-electron chi connectivity index (χ2n) is 6.21. The molecule has 6 heteroatoms. The van der Waals surface area contributed by atoms with Crippen molar-refractivity contribution in [2.45, 2.75) is 44.7 Å². The van der Waals surface area contributed by atoms with Crippen LogP contribution in [0.4, 0.5) is 5.82 Å². The summed E-state index contributed by atoms with van der Waals surface area (Å²) in [6.07, 6.45) is 4.06. The Labute approximate surface area is 159 Å². The molecule has 26 heavy (non-hydrogen) atoms. The van der Waals surface area contributed by atoms with Crippen LogP contribution in [0.25, 0.3) is 11.0 Å². The predicted molar refractivity (Wildman–Crippen MR) is 108 cm³/mol. The molecule has 0 aliphatic carbocycles. The average Bonchev–Trinajstić information content (AvgIpc) is 3.03. The van der Waals surface area contributed by atoms with Crippen LogP contribution in [0.3, 0.4) is 0 Å². The van der Waals surface area contributed by atoms with Gasteiger partial charge in [-0.25, -0.2) is 9.97 Å². The summed E-state index contributed by atoms with van der Waals surface area (Å²) < 4.78 is 7.86. The summed E-state index contributed by atoms with van der Waals surface area (Å²) in [6, 6.07) is 10.5. The molecule has 0 bridgehead atoms. The Balaban J connectivity index is 1.68. The number of imidazole rings is 1. The van der Waals surface area contributed by atoms with Gasteiger partial charge >= 0.3 is 0 Å². The topological polar surface area (TPSA) is 66.0 Å². The molecule has 0 saturated heterocycles. The summed E-state index contributed by atoms with van der Waals surface area (Å²) in [4.78, 5) is 10.3.